The first-order chi connectivity index (χ1) is 9.88. The average Bonchev–Trinajstić information content (AvgIpc) is 2.43. The van der Waals surface area contributed by atoms with Gasteiger partial charge in [0.2, 0.25) is 17.7 Å². The molecule has 0 fully saturated rings. The molecule has 21 heavy (non-hydrogen) atoms. The number of aromatic nitrogens is 1. The molecule has 0 aliphatic carbocycles. The monoisotopic (exact) mass is 290 g/mol. The predicted molar refractivity (Wildman–Crippen MR) is 79.3 cm³/mol. The molecule has 7 heteroatoms. The van der Waals surface area contributed by atoms with Crippen molar-refractivity contribution in [2.75, 3.05) is 26.0 Å². The summed E-state index contributed by atoms with van der Waals surface area (Å²) in [6.45, 7) is 1.35. The SMILES string of the molecule is CC(=O)Nc1ccc(/C=C/C(=O)NCC(=O)N(C)C)cn1. The van der Waals surface area contributed by atoms with Crippen LogP contribution in [0.25, 0.3) is 6.08 Å². The molecular formula is C14H18N4O3. The zero-order chi connectivity index (χ0) is 15.8. The molecule has 0 aromatic carbocycles. The van der Waals surface area contributed by atoms with Gasteiger partial charge in [-0.3, -0.25) is 14.4 Å². The molecule has 0 radical (unpaired) electrons. The van der Waals surface area contributed by atoms with Crippen molar-refractivity contribution in [2.24, 2.45) is 0 Å². The van der Waals surface area contributed by atoms with Gasteiger partial charge < -0.3 is 15.5 Å². The van der Waals surface area contributed by atoms with E-state index in [1.54, 1.807) is 32.3 Å². The smallest absolute Gasteiger partial charge is 0.244 e. The summed E-state index contributed by atoms with van der Waals surface area (Å²) in [6, 6.07) is 3.35. The molecule has 1 aromatic heterocycles. The van der Waals surface area contributed by atoms with Crippen molar-refractivity contribution in [3.8, 4) is 0 Å². The number of amides is 3. The highest BCUT2D eigenvalue weighted by Crippen LogP contribution is 2.06. The predicted octanol–water partition coefficient (Wildman–Crippen LogP) is 0.258. The molecule has 112 valence electrons. The van der Waals surface area contributed by atoms with Crippen molar-refractivity contribution in [2.45, 2.75) is 6.92 Å². The molecule has 0 aliphatic heterocycles. The molecule has 0 aliphatic rings. The highest BCUT2D eigenvalue weighted by atomic mass is 16.2. The van der Waals surface area contributed by atoms with Gasteiger partial charge in [0.25, 0.3) is 0 Å². The van der Waals surface area contributed by atoms with Gasteiger partial charge in [-0.05, 0) is 23.8 Å². The van der Waals surface area contributed by atoms with Gasteiger partial charge >= 0.3 is 0 Å². The van der Waals surface area contributed by atoms with Gasteiger partial charge in [0.05, 0.1) is 6.54 Å². The molecule has 0 saturated carbocycles. The van der Waals surface area contributed by atoms with E-state index >= 15 is 0 Å². The van der Waals surface area contributed by atoms with E-state index in [0.29, 0.717) is 11.4 Å². The number of pyridine rings is 1. The fourth-order valence-corrected chi connectivity index (χ4v) is 1.31. The largest absolute Gasteiger partial charge is 0.347 e. The summed E-state index contributed by atoms with van der Waals surface area (Å²) in [5.74, 6) is -0.300. The molecule has 0 saturated heterocycles. The number of nitrogens with zero attached hydrogens (tertiary/aromatic N) is 2. The van der Waals surface area contributed by atoms with Crippen molar-refractivity contribution in [3.05, 3.63) is 30.0 Å². The third-order valence-corrected chi connectivity index (χ3v) is 2.43. The summed E-state index contributed by atoms with van der Waals surface area (Å²) in [5.41, 5.74) is 0.707. The number of nitrogens with one attached hydrogen (secondary N) is 2. The fourth-order valence-electron chi connectivity index (χ4n) is 1.31. The zero-order valence-electron chi connectivity index (χ0n) is 12.2. The molecule has 0 bridgehead atoms. The van der Waals surface area contributed by atoms with Gasteiger partial charge in [-0.1, -0.05) is 0 Å². The minimum atomic E-state index is -0.365. The molecule has 0 atom stereocenters. The van der Waals surface area contributed by atoms with E-state index in [1.807, 2.05) is 0 Å². The second kappa shape index (κ2) is 7.78. The topological polar surface area (TPSA) is 91.4 Å². The maximum Gasteiger partial charge on any atom is 0.244 e. The third kappa shape index (κ3) is 6.33. The van der Waals surface area contributed by atoms with E-state index in [1.165, 1.54) is 24.1 Å². The van der Waals surface area contributed by atoms with Crippen molar-refractivity contribution >= 4 is 29.6 Å². The highest BCUT2D eigenvalue weighted by Gasteiger charge is 2.04. The van der Waals surface area contributed by atoms with Crippen LogP contribution >= 0.6 is 0 Å². The minimum absolute atomic E-state index is 0.0457. The Morgan fingerprint density at radius 3 is 2.52 bits per heavy atom. The van der Waals surface area contributed by atoms with Crippen LogP contribution in [0.1, 0.15) is 12.5 Å². The quantitative estimate of drug-likeness (QED) is 0.761. The van der Waals surface area contributed by atoms with Gasteiger partial charge in [0, 0.05) is 33.3 Å². The average molecular weight is 290 g/mol. The third-order valence-electron chi connectivity index (χ3n) is 2.43. The normalized spacial score (nSPS) is 10.2. The van der Waals surface area contributed by atoms with Crippen LogP contribution in [-0.4, -0.2) is 48.2 Å². The Bertz CT molecular complexity index is 550. The van der Waals surface area contributed by atoms with Crippen LogP contribution in [0.4, 0.5) is 5.82 Å². The van der Waals surface area contributed by atoms with Crippen molar-refractivity contribution < 1.29 is 14.4 Å². The van der Waals surface area contributed by atoms with E-state index < -0.39 is 0 Å². The Labute approximate surface area is 123 Å². The summed E-state index contributed by atoms with van der Waals surface area (Å²) in [7, 11) is 3.24. The van der Waals surface area contributed by atoms with Gasteiger partial charge in [0.15, 0.2) is 0 Å². The molecule has 3 amide bonds. The number of hydrogen-bond acceptors (Lipinski definition) is 4. The number of likely N-dealkylation sites (N-methyl/N-ethyl adjacent to an activating group) is 1. The van der Waals surface area contributed by atoms with Crippen LogP contribution in [0, 0.1) is 0 Å². The van der Waals surface area contributed by atoms with E-state index in [2.05, 4.69) is 15.6 Å². The Morgan fingerprint density at radius 2 is 2.00 bits per heavy atom. The van der Waals surface area contributed by atoms with Crippen LogP contribution in [0.3, 0.4) is 0 Å². The summed E-state index contributed by atoms with van der Waals surface area (Å²) in [5, 5.41) is 5.02. The summed E-state index contributed by atoms with van der Waals surface area (Å²) in [6.07, 6.45) is 4.41. The fraction of sp³-hybridized carbons (Fsp3) is 0.286. The molecule has 0 unspecified atom stereocenters. The van der Waals surface area contributed by atoms with E-state index in [0.717, 1.165) is 0 Å². The molecule has 2 N–H and O–H groups in total. The number of hydrogen-bond donors (Lipinski definition) is 2. The number of rotatable bonds is 5. The van der Waals surface area contributed by atoms with Crippen molar-refractivity contribution in [3.63, 3.8) is 0 Å². The maximum absolute atomic E-state index is 11.5. The Balaban J connectivity index is 2.50. The lowest BCUT2D eigenvalue weighted by Crippen LogP contribution is -2.35. The molecule has 7 nitrogen and oxygen atoms in total. The van der Waals surface area contributed by atoms with Gasteiger partial charge in [-0.25, -0.2) is 4.98 Å². The molecular weight excluding hydrogens is 272 g/mol. The minimum Gasteiger partial charge on any atom is -0.347 e. The lowest BCUT2D eigenvalue weighted by molar-refractivity contribution is -0.129. The van der Waals surface area contributed by atoms with Crippen LogP contribution in [0.5, 0.6) is 0 Å². The molecule has 0 spiro atoms. The number of carbonyl (C=O) groups excluding carboxylic acids is 3. The van der Waals surface area contributed by atoms with Crippen molar-refractivity contribution in [1.29, 1.82) is 0 Å². The lowest BCUT2D eigenvalue weighted by Gasteiger charge is -2.09. The number of anilines is 1. The maximum atomic E-state index is 11.5. The second-order valence-electron chi connectivity index (χ2n) is 4.50. The Kier molecular flexibility index (Phi) is 6.06. The Hall–Kier alpha value is -2.70. The molecule has 1 rings (SSSR count). The van der Waals surface area contributed by atoms with Crippen LogP contribution in [0.15, 0.2) is 24.4 Å². The van der Waals surface area contributed by atoms with E-state index in [4.69, 9.17) is 0 Å². The first-order valence-electron chi connectivity index (χ1n) is 6.28. The Morgan fingerprint density at radius 1 is 1.29 bits per heavy atom. The lowest BCUT2D eigenvalue weighted by atomic mass is 10.2. The first-order valence-corrected chi connectivity index (χ1v) is 6.28. The highest BCUT2D eigenvalue weighted by molar-refractivity contribution is 5.94. The van der Waals surface area contributed by atoms with Crippen molar-refractivity contribution in [1.82, 2.24) is 15.2 Å². The second-order valence-corrected chi connectivity index (χ2v) is 4.50. The van der Waals surface area contributed by atoms with Gasteiger partial charge in [-0.15, -0.1) is 0 Å². The van der Waals surface area contributed by atoms with E-state index in [9.17, 15) is 14.4 Å². The van der Waals surface area contributed by atoms with Crippen LogP contribution in [-0.2, 0) is 14.4 Å². The summed E-state index contributed by atoms with van der Waals surface area (Å²) in [4.78, 5) is 39.1. The van der Waals surface area contributed by atoms with Crippen LogP contribution < -0.4 is 10.6 Å². The summed E-state index contributed by atoms with van der Waals surface area (Å²) >= 11 is 0. The first kappa shape index (κ1) is 16.4. The molecule has 1 aromatic rings. The molecule has 1 heterocycles. The number of carbonyl (C=O) groups is 3. The summed E-state index contributed by atoms with van der Waals surface area (Å²) < 4.78 is 0. The van der Waals surface area contributed by atoms with E-state index in [-0.39, 0.29) is 24.3 Å². The standard InChI is InChI=1S/C14H18N4O3/c1-10(19)17-12-6-4-11(8-15-12)5-7-13(20)16-9-14(21)18(2)3/h4-8H,9H2,1-3H3,(H,16,20)(H,15,17,19)/b7-5+. The van der Waals surface area contributed by atoms with Crippen LogP contribution in [0.2, 0.25) is 0 Å². The van der Waals surface area contributed by atoms with Gasteiger partial charge in [0.1, 0.15) is 5.82 Å². The zero-order valence-corrected chi connectivity index (χ0v) is 12.2. The van der Waals surface area contributed by atoms with Gasteiger partial charge in [-0.2, -0.15) is 0 Å².